The van der Waals surface area contributed by atoms with E-state index in [-0.39, 0.29) is 36.7 Å². The summed E-state index contributed by atoms with van der Waals surface area (Å²) < 4.78 is 5.77. The molecule has 0 aromatic rings. The van der Waals surface area contributed by atoms with Crippen LogP contribution in [0.5, 0.6) is 0 Å². The second kappa shape index (κ2) is 13.4. The Hall–Kier alpha value is -1.51. The fraction of sp³-hybridized carbons (Fsp3) is 0.903. The van der Waals surface area contributed by atoms with Crippen LogP contribution in [-0.4, -0.2) is 64.3 Å². The molecule has 1 aliphatic heterocycles. The first kappa shape index (κ1) is 35.5. The third-order valence-corrected chi connectivity index (χ3v) is 9.97. The molecule has 8 heteroatoms. The number of aliphatic hydroxyl groups is 1. The fourth-order valence-electron chi connectivity index (χ4n) is 5.47. The van der Waals surface area contributed by atoms with Crippen molar-refractivity contribution >= 4 is 17.7 Å². The van der Waals surface area contributed by atoms with Crippen LogP contribution in [0.3, 0.4) is 0 Å². The van der Waals surface area contributed by atoms with E-state index in [1.165, 1.54) is 0 Å². The molecular weight excluding hydrogens is 496 g/mol. The van der Waals surface area contributed by atoms with Gasteiger partial charge in [0.25, 0.3) is 0 Å². The molecule has 0 spiro atoms. The maximum absolute atomic E-state index is 13.7. The molecule has 0 bridgehead atoms. The number of nitrogens with zero attached hydrogens (tertiary/aromatic N) is 1. The first-order valence-corrected chi connectivity index (χ1v) is 14.9. The zero-order valence-corrected chi connectivity index (χ0v) is 27.0. The van der Waals surface area contributed by atoms with Gasteiger partial charge in [0.05, 0.1) is 35.8 Å². The SMILES string of the molecule is CCCCOC(=O)C(CC(C)(C)C(C)(C)C(=O)NCCO)C(C)(C)ON1C(C)(CC)CC(=O)C(C)C1(C)CC. The van der Waals surface area contributed by atoms with Crippen LogP contribution in [0.15, 0.2) is 0 Å². The summed E-state index contributed by atoms with van der Waals surface area (Å²) in [5, 5.41) is 14.0. The standard InChI is InChI=1S/C31H58N2O6/c1-13-16-19-38-25(36)23(20-27(5,6)28(7,8)26(37)32-17-18-34)29(9,10)39-33-30(11,14-2)21-24(35)22(4)31(33,12)15-3/h22-23,34H,13-21H2,1-12H3,(H,32,37). The number of esters is 1. The van der Waals surface area contributed by atoms with Crippen molar-refractivity contribution in [3.8, 4) is 0 Å². The lowest BCUT2D eigenvalue weighted by Gasteiger charge is -2.58. The minimum Gasteiger partial charge on any atom is -0.465 e. The van der Waals surface area contributed by atoms with Crippen molar-refractivity contribution < 1.29 is 29.1 Å². The van der Waals surface area contributed by atoms with E-state index >= 15 is 0 Å². The number of carbonyl (C=O) groups excluding carboxylic acids is 3. The maximum atomic E-state index is 13.7. The predicted octanol–water partition coefficient (Wildman–Crippen LogP) is 5.46. The summed E-state index contributed by atoms with van der Waals surface area (Å²) in [5.41, 5.74) is -3.55. The van der Waals surface area contributed by atoms with Gasteiger partial charge < -0.3 is 15.2 Å². The average Bonchev–Trinajstić information content (AvgIpc) is 2.86. The van der Waals surface area contributed by atoms with Gasteiger partial charge in [-0.3, -0.25) is 19.2 Å². The molecule has 0 aromatic carbocycles. The van der Waals surface area contributed by atoms with Gasteiger partial charge in [-0.1, -0.05) is 61.8 Å². The highest BCUT2D eigenvalue weighted by Gasteiger charge is 2.57. The molecule has 1 aliphatic rings. The molecule has 0 aliphatic carbocycles. The lowest BCUT2D eigenvalue weighted by molar-refractivity contribution is -0.348. The Morgan fingerprint density at radius 1 is 1.10 bits per heavy atom. The molecule has 1 heterocycles. The Bertz CT molecular complexity index is 854. The van der Waals surface area contributed by atoms with Crippen LogP contribution in [0.4, 0.5) is 0 Å². The summed E-state index contributed by atoms with van der Waals surface area (Å²) in [6.45, 7) is 24.2. The van der Waals surface area contributed by atoms with E-state index in [1.807, 2.05) is 60.5 Å². The fourth-order valence-corrected chi connectivity index (χ4v) is 5.47. The number of hydrogen-bond donors (Lipinski definition) is 2. The third kappa shape index (κ3) is 7.62. The normalized spacial score (nSPS) is 25.9. The zero-order valence-electron chi connectivity index (χ0n) is 27.0. The van der Waals surface area contributed by atoms with Crippen LogP contribution >= 0.6 is 0 Å². The van der Waals surface area contributed by atoms with Crippen molar-refractivity contribution in [1.82, 2.24) is 10.4 Å². The lowest BCUT2D eigenvalue weighted by atomic mass is 9.61. The van der Waals surface area contributed by atoms with Gasteiger partial charge in [0, 0.05) is 24.3 Å². The Morgan fingerprint density at radius 3 is 2.18 bits per heavy atom. The van der Waals surface area contributed by atoms with E-state index in [2.05, 4.69) is 33.0 Å². The van der Waals surface area contributed by atoms with E-state index < -0.39 is 33.4 Å². The molecule has 4 atom stereocenters. The van der Waals surface area contributed by atoms with Crippen LogP contribution in [0.1, 0.15) is 122 Å². The number of rotatable bonds is 15. The van der Waals surface area contributed by atoms with Crippen LogP contribution in [0.2, 0.25) is 0 Å². The first-order chi connectivity index (χ1) is 17.8. The molecule has 8 nitrogen and oxygen atoms in total. The van der Waals surface area contributed by atoms with E-state index in [4.69, 9.17) is 9.57 Å². The molecule has 228 valence electrons. The molecule has 39 heavy (non-hydrogen) atoms. The number of ketones is 1. The topological polar surface area (TPSA) is 105 Å². The third-order valence-electron chi connectivity index (χ3n) is 9.97. The largest absolute Gasteiger partial charge is 0.465 e. The molecule has 1 saturated heterocycles. The van der Waals surface area contributed by atoms with Crippen LogP contribution in [0, 0.1) is 22.7 Å². The molecule has 2 N–H and O–H groups in total. The molecule has 1 rings (SSSR count). The summed E-state index contributed by atoms with van der Waals surface area (Å²) in [5.74, 6) is -1.19. The van der Waals surface area contributed by atoms with Gasteiger partial charge in [-0.2, -0.15) is 5.06 Å². The number of amides is 1. The van der Waals surface area contributed by atoms with Crippen molar-refractivity contribution in [3.63, 3.8) is 0 Å². The Morgan fingerprint density at radius 2 is 1.69 bits per heavy atom. The molecular formula is C31H58N2O6. The molecule has 0 radical (unpaired) electrons. The number of piperidine rings is 1. The summed E-state index contributed by atoms with van der Waals surface area (Å²) in [7, 11) is 0. The summed E-state index contributed by atoms with van der Waals surface area (Å²) in [6, 6.07) is 0. The Labute approximate surface area is 237 Å². The van der Waals surface area contributed by atoms with Gasteiger partial charge in [0.1, 0.15) is 5.78 Å². The van der Waals surface area contributed by atoms with Crippen molar-refractivity contribution in [1.29, 1.82) is 0 Å². The van der Waals surface area contributed by atoms with Gasteiger partial charge in [-0.25, -0.2) is 0 Å². The highest BCUT2D eigenvalue weighted by Crippen LogP contribution is 2.49. The molecule has 1 fully saturated rings. The van der Waals surface area contributed by atoms with E-state index in [0.717, 1.165) is 12.8 Å². The summed E-state index contributed by atoms with van der Waals surface area (Å²) >= 11 is 0. The van der Waals surface area contributed by atoms with Crippen LogP contribution in [-0.2, 0) is 24.0 Å². The second-order valence-electron chi connectivity index (χ2n) is 13.7. The first-order valence-electron chi connectivity index (χ1n) is 14.9. The van der Waals surface area contributed by atoms with Gasteiger partial charge >= 0.3 is 5.97 Å². The summed E-state index contributed by atoms with van der Waals surface area (Å²) in [4.78, 5) is 46.8. The number of ether oxygens (including phenoxy) is 1. The summed E-state index contributed by atoms with van der Waals surface area (Å²) in [6.07, 6.45) is 3.83. The Kier molecular flexibility index (Phi) is 12.2. The smallest absolute Gasteiger partial charge is 0.311 e. The highest BCUT2D eigenvalue weighted by atomic mass is 16.7. The van der Waals surface area contributed by atoms with Crippen molar-refractivity contribution in [2.24, 2.45) is 22.7 Å². The van der Waals surface area contributed by atoms with Gasteiger partial charge in [0.2, 0.25) is 5.91 Å². The average molecular weight is 555 g/mol. The van der Waals surface area contributed by atoms with Crippen molar-refractivity contribution in [2.45, 2.75) is 138 Å². The number of Topliss-reactive ketones (excluding diaryl/α,β-unsaturated/α-hetero) is 1. The number of carbonyl (C=O) groups is 3. The molecule has 4 unspecified atom stereocenters. The van der Waals surface area contributed by atoms with E-state index in [0.29, 0.717) is 32.3 Å². The second-order valence-corrected chi connectivity index (χ2v) is 13.7. The molecule has 0 saturated carbocycles. The van der Waals surface area contributed by atoms with Crippen LogP contribution in [0.25, 0.3) is 0 Å². The minimum absolute atomic E-state index is 0.140. The quantitative estimate of drug-likeness (QED) is 0.205. The van der Waals surface area contributed by atoms with E-state index in [9.17, 15) is 19.5 Å². The Balaban J connectivity index is 3.53. The van der Waals surface area contributed by atoms with E-state index in [1.54, 1.807) is 0 Å². The lowest BCUT2D eigenvalue weighted by Crippen LogP contribution is -2.68. The van der Waals surface area contributed by atoms with Gasteiger partial charge in [-0.05, 0) is 58.8 Å². The number of unbranched alkanes of at least 4 members (excludes halogenated alkanes) is 1. The predicted molar refractivity (Wildman–Crippen MR) is 155 cm³/mol. The van der Waals surface area contributed by atoms with Crippen molar-refractivity contribution in [2.75, 3.05) is 19.8 Å². The van der Waals surface area contributed by atoms with Crippen molar-refractivity contribution in [3.05, 3.63) is 0 Å². The molecule has 1 amide bonds. The zero-order chi connectivity index (χ0) is 30.4. The molecule has 0 aromatic heterocycles. The highest BCUT2D eigenvalue weighted by molar-refractivity contribution is 5.84. The number of hydrogen-bond acceptors (Lipinski definition) is 7. The number of hydroxylamine groups is 2. The van der Waals surface area contributed by atoms with Gasteiger partial charge in [-0.15, -0.1) is 0 Å². The van der Waals surface area contributed by atoms with Crippen LogP contribution < -0.4 is 5.32 Å². The monoisotopic (exact) mass is 554 g/mol. The number of aliphatic hydroxyl groups excluding tert-OH is 1. The number of nitrogens with one attached hydrogen (secondary N) is 1. The van der Waals surface area contributed by atoms with Gasteiger partial charge in [0.15, 0.2) is 0 Å². The maximum Gasteiger partial charge on any atom is 0.311 e. The minimum atomic E-state index is -0.995.